The molecule has 0 radical (unpaired) electrons. The number of benzene rings is 1. The molecule has 0 unspecified atom stereocenters. The highest BCUT2D eigenvalue weighted by atomic mass is 32.2. The maximum Gasteiger partial charge on any atom is 0.186 e. The average Bonchev–Trinajstić information content (AvgIpc) is 2.96. The number of nitrogens with zero attached hydrogens (tertiary/aromatic N) is 3. The average molecular weight is 536 g/mol. The minimum absolute atomic E-state index is 0.0752. The van der Waals surface area contributed by atoms with E-state index in [0.717, 1.165) is 38.9 Å². The molecule has 4 aromatic rings. The molecule has 0 aliphatic rings. The van der Waals surface area contributed by atoms with Gasteiger partial charge in [-0.05, 0) is 66.0 Å². The molecule has 1 aromatic carbocycles. The lowest BCUT2D eigenvalue weighted by Crippen LogP contribution is -2.05. The van der Waals surface area contributed by atoms with Crippen molar-refractivity contribution in [3.05, 3.63) is 84.3 Å². The molecule has 194 valence electrons. The first-order chi connectivity index (χ1) is 18.1. The van der Waals surface area contributed by atoms with E-state index in [-0.39, 0.29) is 16.7 Å². The van der Waals surface area contributed by atoms with Gasteiger partial charge in [0.1, 0.15) is 11.6 Å². The lowest BCUT2D eigenvalue weighted by atomic mass is 10.2. The smallest absolute Gasteiger partial charge is 0.186 e. The van der Waals surface area contributed by atoms with Gasteiger partial charge in [-0.15, -0.1) is 0 Å². The van der Waals surface area contributed by atoms with Crippen molar-refractivity contribution in [2.45, 2.75) is 46.1 Å². The van der Waals surface area contributed by atoms with Crippen LogP contribution in [0.4, 0.5) is 11.6 Å². The minimum Gasteiger partial charge on any atom is -0.366 e. The van der Waals surface area contributed by atoms with Crippen molar-refractivity contribution in [1.29, 1.82) is 0 Å². The maximum atomic E-state index is 12.0. The summed E-state index contributed by atoms with van der Waals surface area (Å²) in [5, 5.41) is 4.28. The van der Waals surface area contributed by atoms with Gasteiger partial charge in [-0.1, -0.05) is 45.5 Å². The molecular weight excluding hydrogens is 502 g/mol. The largest absolute Gasteiger partial charge is 0.366 e. The van der Waals surface area contributed by atoms with Gasteiger partial charge in [0.15, 0.2) is 10.9 Å². The molecule has 0 saturated carbocycles. The molecule has 3 aromatic heterocycles. The fraction of sp³-hybridized carbons (Fsp3) is 0.250. The first kappa shape index (κ1) is 29.8. The minimum atomic E-state index is -0.113. The molecule has 0 spiro atoms. The molecule has 3 heterocycles. The zero-order chi connectivity index (χ0) is 27.0. The Balaban J connectivity index is 0.00000115. The van der Waals surface area contributed by atoms with Gasteiger partial charge >= 0.3 is 0 Å². The number of nitrogens with one attached hydrogen (secondary N) is 2. The van der Waals surface area contributed by atoms with E-state index in [2.05, 4.69) is 31.1 Å². The SMILES string of the molecule is CC.CC.CC(=O)SCC(=O)c1ccc(NSc2ccc3nc(NCc4cccnc4)ccc3c2)nc1. The van der Waals surface area contributed by atoms with Gasteiger partial charge in [0.05, 0.1) is 11.3 Å². The van der Waals surface area contributed by atoms with Crippen LogP contribution in [0, 0.1) is 0 Å². The first-order valence-electron chi connectivity index (χ1n) is 12.2. The Labute approximate surface area is 227 Å². The Bertz CT molecular complexity index is 1270. The van der Waals surface area contributed by atoms with Crippen LogP contribution in [0.15, 0.2) is 78.1 Å². The molecule has 0 fully saturated rings. The molecule has 7 nitrogen and oxygen atoms in total. The summed E-state index contributed by atoms with van der Waals surface area (Å²) in [5.41, 5.74) is 2.49. The molecule has 0 bridgehead atoms. The van der Waals surface area contributed by atoms with Crippen LogP contribution in [0.5, 0.6) is 0 Å². The summed E-state index contributed by atoms with van der Waals surface area (Å²) in [5.74, 6) is 1.47. The number of anilines is 2. The van der Waals surface area contributed by atoms with Crippen LogP contribution in [0.3, 0.4) is 0 Å². The van der Waals surface area contributed by atoms with E-state index in [9.17, 15) is 9.59 Å². The van der Waals surface area contributed by atoms with Crippen molar-refractivity contribution in [3.8, 4) is 0 Å². The summed E-state index contributed by atoms with van der Waals surface area (Å²) in [6.07, 6.45) is 5.11. The van der Waals surface area contributed by atoms with E-state index in [4.69, 9.17) is 0 Å². The van der Waals surface area contributed by atoms with Crippen molar-refractivity contribution < 1.29 is 9.59 Å². The second-order valence-corrected chi connectivity index (χ2v) is 9.14. The summed E-state index contributed by atoms with van der Waals surface area (Å²) in [6.45, 7) is 10.1. The summed E-state index contributed by atoms with van der Waals surface area (Å²) in [7, 11) is 0. The van der Waals surface area contributed by atoms with E-state index >= 15 is 0 Å². The highest BCUT2D eigenvalue weighted by Gasteiger charge is 2.09. The van der Waals surface area contributed by atoms with Gasteiger partial charge < -0.3 is 10.0 Å². The fourth-order valence-electron chi connectivity index (χ4n) is 2.94. The van der Waals surface area contributed by atoms with E-state index in [1.807, 2.05) is 70.3 Å². The Morgan fingerprint density at radius 3 is 2.38 bits per heavy atom. The zero-order valence-electron chi connectivity index (χ0n) is 21.8. The van der Waals surface area contributed by atoms with Crippen LogP contribution in [0.1, 0.15) is 50.5 Å². The quantitative estimate of drug-likeness (QED) is 0.169. The summed E-state index contributed by atoms with van der Waals surface area (Å²) in [4.78, 5) is 37.2. The van der Waals surface area contributed by atoms with Crippen LogP contribution in [-0.4, -0.2) is 31.6 Å². The van der Waals surface area contributed by atoms with E-state index in [0.29, 0.717) is 17.9 Å². The number of aromatic nitrogens is 3. The lowest BCUT2D eigenvalue weighted by molar-refractivity contribution is -0.109. The van der Waals surface area contributed by atoms with Crippen molar-refractivity contribution in [2.75, 3.05) is 15.8 Å². The number of pyridine rings is 3. The summed E-state index contributed by atoms with van der Waals surface area (Å²) in [6, 6.07) is 17.4. The summed E-state index contributed by atoms with van der Waals surface area (Å²) >= 11 is 2.43. The van der Waals surface area contributed by atoms with Crippen LogP contribution >= 0.6 is 23.7 Å². The van der Waals surface area contributed by atoms with Gasteiger partial charge in [0, 0.05) is 47.9 Å². The normalized spacial score (nSPS) is 9.86. The van der Waals surface area contributed by atoms with Crippen molar-refractivity contribution >= 4 is 57.1 Å². The standard InChI is InChI=1S/C24H21N5O2S2.2C2H6/c1-16(30)32-15-22(31)19-5-9-24(27-14-19)29-33-20-6-7-21-18(11-20)4-8-23(28-21)26-13-17-3-2-10-25-12-17;2*1-2/h2-12,14H,13,15H2,1H3,(H,26,28)(H,27,29);2*1-2H3. The molecular formula is C28H33N5O2S2. The van der Waals surface area contributed by atoms with Gasteiger partial charge in [0.25, 0.3) is 0 Å². The molecule has 0 saturated heterocycles. The van der Waals surface area contributed by atoms with Crippen LogP contribution < -0.4 is 10.0 Å². The van der Waals surface area contributed by atoms with E-state index < -0.39 is 0 Å². The maximum absolute atomic E-state index is 12.0. The molecule has 37 heavy (non-hydrogen) atoms. The van der Waals surface area contributed by atoms with Gasteiger partial charge in [-0.25, -0.2) is 9.97 Å². The molecule has 0 amide bonds. The number of thioether (sulfide) groups is 1. The van der Waals surface area contributed by atoms with E-state index in [1.165, 1.54) is 25.1 Å². The molecule has 0 aliphatic carbocycles. The van der Waals surface area contributed by atoms with Crippen LogP contribution in [-0.2, 0) is 11.3 Å². The number of carbonyl (C=O) groups excluding carboxylic acids is 2. The predicted octanol–water partition coefficient (Wildman–Crippen LogP) is 7.27. The van der Waals surface area contributed by atoms with Crippen molar-refractivity contribution in [1.82, 2.24) is 15.0 Å². The van der Waals surface area contributed by atoms with Crippen molar-refractivity contribution in [3.63, 3.8) is 0 Å². The number of rotatable bonds is 9. The highest BCUT2D eigenvalue weighted by Crippen LogP contribution is 2.25. The second kappa shape index (κ2) is 16.3. The summed E-state index contributed by atoms with van der Waals surface area (Å²) < 4.78 is 3.19. The molecule has 9 heteroatoms. The van der Waals surface area contributed by atoms with Crippen molar-refractivity contribution in [2.24, 2.45) is 0 Å². The third-order valence-electron chi connectivity index (χ3n) is 4.62. The predicted molar refractivity (Wildman–Crippen MR) is 157 cm³/mol. The highest BCUT2D eigenvalue weighted by molar-refractivity contribution is 8.14. The topological polar surface area (TPSA) is 96.9 Å². The fourth-order valence-corrected chi connectivity index (χ4v) is 4.11. The number of ketones is 1. The van der Waals surface area contributed by atoms with Gasteiger partial charge in [-0.2, -0.15) is 0 Å². The molecule has 2 N–H and O–H groups in total. The van der Waals surface area contributed by atoms with Crippen LogP contribution in [0.2, 0.25) is 0 Å². The van der Waals surface area contributed by atoms with E-state index in [1.54, 1.807) is 18.3 Å². The Morgan fingerprint density at radius 2 is 1.70 bits per heavy atom. The number of hydrogen-bond acceptors (Lipinski definition) is 9. The Morgan fingerprint density at radius 1 is 0.919 bits per heavy atom. The second-order valence-electron chi connectivity index (χ2n) is 7.11. The Hall–Kier alpha value is -3.43. The number of hydrogen-bond donors (Lipinski definition) is 2. The lowest BCUT2D eigenvalue weighted by Gasteiger charge is -2.08. The molecule has 4 rings (SSSR count). The zero-order valence-corrected chi connectivity index (χ0v) is 23.5. The third kappa shape index (κ3) is 9.86. The number of carbonyl (C=O) groups is 2. The van der Waals surface area contributed by atoms with Gasteiger partial charge in [0.2, 0.25) is 0 Å². The Kier molecular flexibility index (Phi) is 13.2. The number of fused-ring (bicyclic) bond motifs is 1. The molecule has 0 aliphatic heterocycles. The van der Waals surface area contributed by atoms with Gasteiger partial charge in [-0.3, -0.25) is 14.6 Å². The monoisotopic (exact) mass is 535 g/mol. The molecule has 0 atom stereocenters. The van der Waals surface area contributed by atoms with Crippen LogP contribution in [0.25, 0.3) is 10.9 Å². The number of Topliss-reactive ketones (excluding diaryl/α,β-unsaturated/α-hetero) is 1. The first-order valence-corrected chi connectivity index (χ1v) is 14.0. The third-order valence-corrected chi connectivity index (χ3v) is 6.24.